The minimum Gasteiger partial charge on any atom is -0.490 e. The van der Waals surface area contributed by atoms with Gasteiger partial charge < -0.3 is 15.6 Å². The Morgan fingerprint density at radius 2 is 1.43 bits per heavy atom. The maximum atomic E-state index is 7.10. The lowest BCUT2D eigenvalue weighted by molar-refractivity contribution is 0.190. The number of terminal acetylenes is 1. The topological polar surface area (TPSA) is 55.5 Å². The molecule has 1 aromatic carbocycles. The molecular weight excluding hydrogens is 562 g/mol. The highest BCUT2D eigenvalue weighted by Gasteiger charge is 2.23. The summed E-state index contributed by atoms with van der Waals surface area (Å²) in [5, 5.41) is 7.10. The van der Waals surface area contributed by atoms with Crippen molar-refractivity contribution in [3.05, 3.63) is 52.7 Å². The van der Waals surface area contributed by atoms with Gasteiger partial charge in [0.2, 0.25) is 0 Å². The van der Waals surface area contributed by atoms with E-state index in [-0.39, 0.29) is 0 Å². The Hall–Kier alpha value is -2.34. The molecule has 1 heterocycles. The predicted octanol–water partition coefficient (Wildman–Crippen LogP) is 13.1. The standard InChI is InChI=1S/C21H32O.C16H34.C2H5N.C2H2O.C2H6/c1-14(2)10-8-7-9-11-19-16(4)17(5)21-20(18(19)6)13-12-15(3)22-21;1-6-9-15(4)12-8-13-16(5)11-7-10-14(2)3;2*1-2-3;1-2/h15H,1,7-13H2,2-6H3;14-16H,6-13H2,1-5H3;2H,1,3H2;1,3H;1-2H3. The van der Waals surface area contributed by atoms with E-state index < -0.39 is 0 Å². The van der Waals surface area contributed by atoms with Crippen LogP contribution in [0.5, 0.6) is 5.75 Å². The Bertz CT molecular complexity index is 939. The van der Waals surface area contributed by atoms with Gasteiger partial charge in [0.05, 0.1) is 6.10 Å². The minimum atomic E-state index is 0.359. The number of benzene rings is 1. The van der Waals surface area contributed by atoms with Crippen LogP contribution < -0.4 is 10.5 Å². The highest BCUT2D eigenvalue weighted by atomic mass is 16.5. The first-order chi connectivity index (χ1) is 21.8. The molecule has 268 valence electrons. The van der Waals surface area contributed by atoms with Gasteiger partial charge in [-0.1, -0.05) is 125 Å². The van der Waals surface area contributed by atoms with Crippen LogP contribution in [0, 0.1) is 51.1 Å². The van der Waals surface area contributed by atoms with Crippen LogP contribution in [0.25, 0.3) is 0 Å². The summed E-state index contributed by atoms with van der Waals surface area (Å²) in [5.41, 5.74) is 13.3. The largest absolute Gasteiger partial charge is 0.490 e. The minimum absolute atomic E-state index is 0.359. The molecule has 0 spiro atoms. The lowest BCUT2D eigenvalue weighted by Gasteiger charge is -2.29. The average Bonchev–Trinajstić information content (AvgIpc) is 2.99. The van der Waals surface area contributed by atoms with Crippen LogP contribution in [-0.4, -0.2) is 11.2 Å². The zero-order valence-corrected chi connectivity index (χ0v) is 32.9. The van der Waals surface area contributed by atoms with Gasteiger partial charge in [-0.2, -0.15) is 0 Å². The molecule has 0 aromatic heterocycles. The van der Waals surface area contributed by atoms with Gasteiger partial charge in [0, 0.05) is 0 Å². The van der Waals surface area contributed by atoms with Crippen LogP contribution in [0.4, 0.5) is 0 Å². The first-order valence-corrected chi connectivity index (χ1v) is 18.7. The molecule has 1 aromatic rings. The molecule has 0 saturated carbocycles. The SMILES string of the molecule is C#CO.C=C(C)CCCCCc1c(C)c(C)c2c(c1C)CCC(C)O2.C=CN.CC.CCCC(C)CCCC(C)CCCC(C)C. The number of rotatable bonds is 16. The van der Waals surface area contributed by atoms with Crippen molar-refractivity contribution >= 4 is 0 Å². The molecule has 3 heteroatoms. The van der Waals surface area contributed by atoms with Crippen molar-refractivity contribution in [3.63, 3.8) is 0 Å². The molecule has 2 rings (SSSR count). The molecule has 3 atom stereocenters. The quantitative estimate of drug-likeness (QED) is 0.107. The van der Waals surface area contributed by atoms with Crippen molar-refractivity contribution in [1.29, 1.82) is 0 Å². The summed E-state index contributed by atoms with van der Waals surface area (Å²) >= 11 is 0. The predicted molar refractivity (Wildman–Crippen MR) is 208 cm³/mol. The molecule has 3 N–H and O–H groups in total. The Balaban J connectivity index is -0.000000677. The normalized spacial score (nSPS) is 14.0. The van der Waals surface area contributed by atoms with Crippen LogP contribution in [0.1, 0.15) is 174 Å². The maximum Gasteiger partial charge on any atom is 0.126 e. The van der Waals surface area contributed by atoms with Crippen molar-refractivity contribution in [2.24, 2.45) is 23.5 Å². The Kier molecular flexibility index (Phi) is 32.7. The molecule has 3 nitrogen and oxygen atoms in total. The fourth-order valence-corrected chi connectivity index (χ4v) is 6.08. The van der Waals surface area contributed by atoms with Crippen molar-refractivity contribution in [3.8, 4) is 18.3 Å². The number of unbranched alkanes of at least 4 members (excludes halogenated alkanes) is 2. The van der Waals surface area contributed by atoms with E-state index in [0.29, 0.717) is 6.10 Å². The molecule has 0 aliphatic carbocycles. The Morgan fingerprint density at radius 1 is 0.935 bits per heavy atom. The fraction of sp³-hybridized carbons (Fsp3) is 0.721. The third kappa shape index (κ3) is 23.9. The summed E-state index contributed by atoms with van der Waals surface area (Å²) in [6, 6.07) is 0. The molecule has 0 saturated heterocycles. The summed E-state index contributed by atoms with van der Waals surface area (Å²) in [7, 11) is 0. The zero-order chi connectivity index (χ0) is 36.1. The van der Waals surface area contributed by atoms with Crippen LogP contribution in [0.15, 0.2) is 24.9 Å². The second-order valence-corrected chi connectivity index (χ2v) is 13.8. The van der Waals surface area contributed by atoms with Crippen LogP contribution in [0.2, 0.25) is 0 Å². The maximum absolute atomic E-state index is 7.10. The monoisotopic (exact) mass is 642 g/mol. The first kappa shape index (κ1) is 48.1. The van der Waals surface area contributed by atoms with E-state index in [0.717, 1.165) is 24.2 Å². The number of hydrogen-bond donors (Lipinski definition) is 2. The molecule has 46 heavy (non-hydrogen) atoms. The van der Waals surface area contributed by atoms with Gasteiger partial charge in [0.25, 0.3) is 0 Å². The number of nitrogens with two attached hydrogens (primary N) is 1. The first-order valence-electron chi connectivity index (χ1n) is 18.7. The average molecular weight is 642 g/mol. The smallest absolute Gasteiger partial charge is 0.126 e. The molecule has 3 unspecified atom stereocenters. The summed E-state index contributed by atoms with van der Waals surface area (Å²) in [6.07, 6.45) is 27.0. The number of aliphatic hydroxyl groups is 1. The van der Waals surface area contributed by atoms with Gasteiger partial charge >= 0.3 is 0 Å². The lowest BCUT2D eigenvalue weighted by Crippen LogP contribution is -2.21. The van der Waals surface area contributed by atoms with Crippen LogP contribution >= 0.6 is 0 Å². The Labute approximate surface area is 289 Å². The fourth-order valence-electron chi connectivity index (χ4n) is 6.08. The number of allylic oxidation sites excluding steroid dienone is 1. The lowest BCUT2D eigenvalue weighted by atomic mass is 9.86. The summed E-state index contributed by atoms with van der Waals surface area (Å²) in [6.45, 7) is 34.0. The number of aliphatic hydroxyl groups excluding tert-OH is 1. The number of fused-ring (bicyclic) bond motifs is 1. The zero-order valence-electron chi connectivity index (χ0n) is 32.9. The second kappa shape index (κ2) is 31.3. The van der Waals surface area contributed by atoms with Gasteiger partial charge in [0.15, 0.2) is 0 Å². The summed E-state index contributed by atoms with van der Waals surface area (Å²) in [4.78, 5) is 0. The molecule has 0 bridgehead atoms. The third-order valence-corrected chi connectivity index (χ3v) is 8.84. The van der Waals surface area contributed by atoms with E-state index in [1.165, 1.54) is 136 Å². The van der Waals surface area contributed by atoms with Gasteiger partial charge in [-0.3, -0.25) is 0 Å². The van der Waals surface area contributed by atoms with Crippen LogP contribution in [-0.2, 0) is 12.8 Å². The van der Waals surface area contributed by atoms with E-state index in [9.17, 15) is 0 Å². The second-order valence-electron chi connectivity index (χ2n) is 13.8. The van der Waals surface area contributed by atoms with Gasteiger partial charge in [-0.25, -0.2) is 0 Å². The Morgan fingerprint density at radius 3 is 1.91 bits per heavy atom. The molecular formula is C43H79NO2. The van der Waals surface area contributed by atoms with Crippen LogP contribution in [0.3, 0.4) is 0 Å². The molecule has 1 aliphatic heterocycles. The molecule has 1 aliphatic rings. The summed E-state index contributed by atoms with van der Waals surface area (Å²) in [5.74, 6) is 3.97. The van der Waals surface area contributed by atoms with Gasteiger partial charge in [-0.05, 0) is 125 Å². The number of hydrogen-bond acceptors (Lipinski definition) is 3. The van der Waals surface area contributed by atoms with Crippen molar-refractivity contribution < 1.29 is 9.84 Å². The van der Waals surface area contributed by atoms with Gasteiger partial charge in [0.1, 0.15) is 11.9 Å². The van der Waals surface area contributed by atoms with E-state index in [1.54, 1.807) is 5.56 Å². The van der Waals surface area contributed by atoms with E-state index in [2.05, 4.69) is 94.6 Å². The van der Waals surface area contributed by atoms with E-state index in [1.807, 2.05) is 13.8 Å². The highest BCUT2D eigenvalue weighted by molar-refractivity contribution is 5.55. The van der Waals surface area contributed by atoms with Crippen molar-refractivity contribution in [2.45, 2.75) is 186 Å². The molecule has 0 amide bonds. The summed E-state index contributed by atoms with van der Waals surface area (Å²) < 4.78 is 6.14. The van der Waals surface area contributed by atoms with Crippen molar-refractivity contribution in [2.75, 3.05) is 0 Å². The molecule has 0 fully saturated rings. The van der Waals surface area contributed by atoms with E-state index >= 15 is 0 Å². The van der Waals surface area contributed by atoms with Gasteiger partial charge in [-0.15, -0.1) is 6.58 Å². The third-order valence-electron chi connectivity index (χ3n) is 8.84. The highest BCUT2D eigenvalue weighted by Crippen LogP contribution is 2.38. The molecule has 0 radical (unpaired) electrons. The number of ether oxygens (including phenoxy) is 1. The van der Waals surface area contributed by atoms with Crippen molar-refractivity contribution in [1.82, 2.24) is 0 Å². The van der Waals surface area contributed by atoms with E-state index in [4.69, 9.17) is 9.84 Å².